The molecule has 2 aromatic carbocycles. The third-order valence-electron chi connectivity index (χ3n) is 5.63. The summed E-state index contributed by atoms with van der Waals surface area (Å²) in [4.78, 5) is 14.5. The van der Waals surface area contributed by atoms with Crippen LogP contribution in [-0.2, 0) is 4.79 Å². The van der Waals surface area contributed by atoms with Crippen LogP contribution in [0.3, 0.4) is 0 Å². The highest BCUT2D eigenvalue weighted by molar-refractivity contribution is 6.09. The molecule has 0 spiro atoms. The van der Waals surface area contributed by atoms with Crippen LogP contribution in [0.1, 0.15) is 49.4 Å². The van der Waals surface area contributed by atoms with Crippen molar-refractivity contribution in [2.75, 3.05) is 17.2 Å². The highest BCUT2D eigenvalue weighted by Crippen LogP contribution is 2.43. The predicted octanol–water partition coefficient (Wildman–Crippen LogP) is 4.91. The minimum Gasteiger partial charge on any atom is -0.398 e. The van der Waals surface area contributed by atoms with Gasteiger partial charge in [-0.2, -0.15) is 0 Å². The number of anilines is 2. The summed E-state index contributed by atoms with van der Waals surface area (Å²) in [6.07, 6.45) is 2.60. The summed E-state index contributed by atoms with van der Waals surface area (Å²) in [5, 5.41) is 8.60. The van der Waals surface area contributed by atoms with E-state index in [-0.39, 0.29) is 17.6 Å². The average molecular weight is 392 g/mol. The Bertz CT molecular complexity index is 1150. The number of carbonyl (C=O) groups is 1. The maximum absolute atomic E-state index is 14.0. The average Bonchev–Trinajstić information content (AvgIpc) is 3.23. The number of nitrogens with one attached hydrogen (secondary N) is 1. The molecule has 0 radical (unpaired) electrons. The second-order valence-electron chi connectivity index (χ2n) is 7.95. The largest absolute Gasteiger partial charge is 0.398 e. The maximum atomic E-state index is 14.0. The molecule has 0 bridgehead atoms. The Morgan fingerprint density at radius 2 is 2.00 bits per heavy atom. The van der Waals surface area contributed by atoms with Crippen molar-refractivity contribution in [1.29, 1.82) is 5.41 Å². The number of hydrogen-bond acceptors (Lipinski definition) is 3. The Kier molecular flexibility index (Phi) is 4.65. The van der Waals surface area contributed by atoms with E-state index in [1.165, 1.54) is 12.3 Å². The number of aryl methyl sites for hydroxylation is 1. The summed E-state index contributed by atoms with van der Waals surface area (Å²) in [6, 6.07) is 8.78. The summed E-state index contributed by atoms with van der Waals surface area (Å²) < 4.78 is 16.0. The zero-order valence-corrected chi connectivity index (χ0v) is 16.9. The van der Waals surface area contributed by atoms with E-state index in [1.807, 2.05) is 23.1 Å². The highest BCUT2D eigenvalue weighted by Gasteiger charge is 2.31. The van der Waals surface area contributed by atoms with Crippen molar-refractivity contribution in [3.63, 3.8) is 0 Å². The Labute approximate surface area is 169 Å². The minimum absolute atomic E-state index is 0.107. The van der Waals surface area contributed by atoms with Gasteiger partial charge < -0.3 is 20.6 Å². The van der Waals surface area contributed by atoms with Gasteiger partial charge in [0.15, 0.2) is 0 Å². The number of hydrogen-bond donors (Lipinski definition) is 2. The monoisotopic (exact) mass is 392 g/mol. The van der Waals surface area contributed by atoms with Crippen molar-refractivity contribution in [3.05, 3.63) is 53.0 Å². The van der Waals surface area contributed by atoms with Crippen LogP contribution in [0.15, 0.2) is 30.3 Å². The fourth-order valence-electron chi connectivity index (χ4n) is 4.24. The van der Waals surface area contributed by atoms with E-state index in [2.05, 4.69) is 18.4 Å². The second-order valence-corrected chi connectivity index (χ2v) is 7.95. The van der Waals surface area contributed by atoms with Crippen molar-refractivity contribution in [3.8, 4) is 5.69 Å². The van der Waals surface area contributed by atoms with Gasteiger partial charge in [0, 0.05) is 41.5 Å². The lowest BCUT2D eigenvalue weighted by Gasteiger charge is -2.21. The number of nitrogens with two attached hydrogens (primary N) is 1. The quantitative estimate of drug-likeness (QED) is 0.489. The molecule has 29 heavy (non-hydrogen) atoms. The molecular formula is C23H25FN4O. The smallest absolute Gasteiger partial charge is 0.227 e. The molecule has 0 saturated carbocycles. The number of amides is 1. The van der Waals surface area contributed by atoms with Gasteiger partial charge in [-0.15, -0.1) is 0 Å². The molecule has 1 aliphatic heterocycles. The predicted molar refractivity (Wildman–Crippen MR) is 116 cm³/mol. The van der Waals surface area contributed by atoms with Crippen molar-refractivity contribution in [2.45, 2.75) is 39.5 Å². The Morgan fingerprint density at radius 1 is 1.24 bits per heavy atom. The Morgan fingerprint density at radius 3 is 2.59 bits per heavy atom. The third kappa shape index (κ3) is 2.99. The van der Waals surface area contributed by atoms with Crippen molar-refractivity contribution >= 4 is 34.4 Å². The molecule has 3 N–H and O–H groups in total. The summed E-state index contributed by atoms with van der Waals surface area (Å²) in [6.45, 7) is 6.59. The number of halogens is 1. The van der Waals surface area contributed by atoms with Gasteiger partial charge in [0.2, 0.25) is 5.91 Å². The van der Waals surface area contributed by atoms with E-state index in [4.69, 9.17) is 11.1 Å². The summed E-state index contributed by atoms with van der Waals surface area (Å²) in [7, 11) is 0. The topological polar surface area (TPSA) is 75.1 Å². The van der Waals surface area contributed by atoms with Crippen LogP contribution < -0.4 is 10.6 Å². The molecule has 0 atom stereocenters. The van der Waals surface area contributed by atoms with Gasteiger partial charge in [-0.25, -0.2) is 4.39 Å². The number of aromatic nitrogens is 1. The molecule has 5 nitrogen and oxygen atoms in total. The molecule has 3 aromatic rings. The molecule has 0 aliphatic carbocycles. The van der Waals surface area contributed by atoms with E-state index in [0.29, 0.717) is 29.8 Å². The fourth-order valence-corrected chi connectivity index (χ4v) is 4.24. The fraction of sp³-hybridized carbons (Fsp3) is 0.304. The first-order valence-electron chi connectivity index (χ1n) is 9.88. The van der Waals surface area contributed by atoms with Crippen LogP contribution in [0.2, 0.25) is 0 Å². The molecule has 1 aromatic heterocycles. The lowest BCUT2D eigenvalue weighted by Crippen LogP contribution is -2.25. The number of benzene rings is 2. The number of nitrogens with zero attached hydrogens (tertiary/aromatic N) is 2. The van der Waals surface area contributed by atoms with Crippen LogP contribution in [0.25, 0.3) is 16.6 Å². The first kappa shape index (κ1) is 19.2. The van der Waals surface area contributed by atoms with Gasteiger partial charge in [-0.05, 0) is 55.2 Å². The van der Waals surface area contributed by atoms with Gasteiger partial charge in [0.25, 0.3) is 0 Å². The van der Waals surface area contributed by atoms with Crippen LogP contribution >= 0.6 is 0 Å². The molecular weight excluding hydrogens is 367 g/mol. The summed E-state index contributed by atoms with van der Waals surface area (Å²) >= 11 is 0. The molecule has 150 valence electrons. The molecule has 1 saturated heterocycles. The SMILES string of the molecule is Cc1cc(-n2c(C(C)C)c(N3CCCC3=O)c3cc(N)c(C=N)cc32)ccc1F. The van der Waals surface area contributed by atoms with Crippen LogP contribution in [0.4, 0.5) is 15.8 Å². The molecule has 1 aliphatic rings. The van der Waals surface area contributed by atoms with E-state index in [1.54, 1.807) is 13.0 Å². The summed E-state index contributed by atoms with van der Waals surface area (Å²) in [5.74, 6) is -0.0348. The Hall–Kier alpha value is -3.15. The molecule has 0 unspecified atom stereocenters. The minimum atomic E-state index is -0.254. The standard InChI is InChI=1S/C23H25FN4O/c1-13(2)22-23(27-8-4-5-21(27)29)17-11-19(26)15(12-25)10-20(17)28(22)16-6-7-18(24)14(3)9-16/h6-7,9-13,25H,4-5,8,26H2,1-3H3. The van der Waals surface area contributed by atoms with Crippen molar-refractivity contribution in [1.82, 2.24) is 4.57 Å². The van der Waals surface area contributed by atoms with Gasteiger partial charge in [0.05, 0.1) is 16.9 Å². The number of rotatable bonds is 4. The second kappa shape index (κ2) is 7.03. The van der Waals surface area contributed by atoms with Crippen molar-refractivity contribution in [2.24, 2.45) is 0 Å². The van der Waals surface area contributed by atoms with Crippen LogP contribution in [0, 0.1) is 18.2 Å². The maximum Gasteiger partial charge on any atom is 0.227 e. The van der Waals surface area contributed by atoms with E-state index >= 15 is 0 Å². The molecule has 4 rings (SSSR count). The zero-order valence-electron chi connectivity index (χ0n) is 16.9. The van der Waals surface area contributed by atoms with E-state index in [9.17, 15) is 9.18 Å². The van der Waals surface area contributed by atoms with Crippen LogP contribution in [0.5, 0.6) is 0 Å². The Balaban J connectivity index is 2.15. The van der Waals surface area contributed by atoms with E-state index in [0.717, 1.165) is 34.4 Å². The van der Waals surface area contributed by atoms with E-state index < -0.39 is 0 Å². The number of carbonyl (C=O) groups excluding carboxylic acids is 1. The molecule has 6 heteroatoms. The lowest BCUT2D eigenvalue weighted by atomic mass is 10.1. The summed E-state index contributed by atoms with van der Waals surface area (Å²) in [5.41, 5.74) is 11.4. The van der Waals surface area contributed by atoms with Crippen molar-refractivity contribution < 1.29 is 9.18 Å². The van der Waals surface area contributed by atoms with Gasteiger partial charge in [0.1, 0.15) is 5.82 Å². The van der Waals surface area contributed by atoms with Crippen LogP contribution in [-0.4, -0.2) is 23.2 Å². The molecule has 2 heterocycles. The van der Waals surface area contributed by atoms with Gasteiger partial charge in [-0.3, -0.25) is 4.79 Å². The molecule has 1 fully saturated rings. The van der Waals surface area contributed by atoms with Gasteiger partial charge >= 0.3 is 0 Å². The number of fused-ring (bicyclic) bond motifs is 1. The first-order chi connectivity index (χ1) is 13.8. The normalized spacial score (nSPS) is 14.4. The highest BCUT2D eigenvalue weighted by atomic mass is 19.1. The molecule has 1 amide bonds. The lowest BCUT2D eigenvalue weighted by molar-refractivity contribution is -0.117. The third-order valence-corrected chi connectivity index (χ3v) is 5.63. The zero-order chi connectivity index (χ0) is 20.9. The van der Waals surface area contributed by atoms with Gasteiger partial charge in [-0.1, -0.05) is 13.8 Å². The first-order valence-corrected chi connectivity index (χ1v) is 9.88. The number of nitrogen functional groups attached to an aromatic ring is 1.